The molecule has 1 aliphatic heterocycles. The molecule has 1 saturated heterocycles. The molecule has 25 heavy (non-hydrogen) atoms. The maximum absolute atomic E-state index is 13.0. The Balaban J connectivity index is 1.34. The molecule has 4 rings (SSSR count). The third-order valence-corrected chi connectivity index (χ3v) is 4.42. The summed E-state index contributed by atoms with van der Waals surface area (Å²) in [4.78, 5) is 4.59. The van der Waals surface area contributed by atoms with Crippen LogP contribution in [0, 0.1) is 5.82 Å². The van der Waals surface area contributed by atoms with Gasteiger partial charge in [0.15, 0.2) is 5.82 Å². The topological polar surface area (TPSA) is 63.2 Å². The van der Waals surface area contributed by atoms with Crippen molar-refractivity contribution in [1.29, 1.82) is 0 Å². The summed E-state index contributed by atoms with van der Waals surface area (Å²) >= 11 is 0. The van der Waals surface area contributed by atoms with Crippen LogP contribution in [0.3, 0.4) is 0 Å². The van der Waals surface area contributed by atoms with Gasteiger partial charge in [-0.05, 0) is 46.8 Å². The SMILES string of the molecule is Fc1ccc(N2CCN(Cc3nnnn3Cc3ccco3)CC2)cc1. The molecule has 0 spiro atoms. The number of halogens is 1. The smallest absolute Gasteiger partial charge is 0.165 e. The molecular formula is C17H19FN6O. The third-order valence-electron chi connectivity index (χ3n) is 4.42. The first-order chi connectivity index (χ1) is 12.3. The van der Waals surface area contributed by atoms with Gasteiger partial charge < -0.3 is 9.32 Å². The van der Waals surface area contributed by atoms with E-state index in [4.69, 9.17) is 4.42 Å². The second-order valence-corrected chi connectivity index (χ2v) is 6.07. The van der Waals surface area contributed by atoms with Crippen molar-refractivity contribution >= 4 is 5.69 Å². The molecule has 0 atom stereocenters. The van der Waals surface area contributed by atoms with E-state index in [9.17, 15) is 4.39 Å². The molecule has 1 fully saturated rings. The summed E-state index contributed by atoms with van der Waals surface area (Å²) in [6.45, 7) is 4.84. The Morgan fingerprint density at radius 2 is 1.80 bits per heavy atom. The molecule has 3 heterocycles. The third kappa shape index (κ3) is 3.69. The highest BCUT2D eigenvalue weighted by Gasteiger charge is 2.20. The van der Waals surface area contributed by atoms with Gasteiger partial charge in [-0.2, -0.15) is 0 Å². The number of hydrogen-bond acceptors (Lipinski definition) is 6. The summed E-state index contributed by atoms with van der Waals surface area (Å²) in [5.74, 6) is 1.45. The summed E-state index contributed by atoms with van der Waals surface area (Å²) in [6, 6.07) is 10.4. The van der Waals surface area contributed by atoms with Crippen molar-refractivity contribution in [3.05, 3.63) is 60.1 Å². The van der Waals surface area contributed by atoms with E-state index in [2.05, 4.69) is 25.3 Å². The Morgan fingerprint density at radius 1 is 1.00 bits per heavy atom. The number of tetrazole rings is 1. The Bertz CT molecular complexity index is 793. The van der Waals surface area contributed by atoms with E-state index in [0.717, 1.165) is 43.5 Å². The van der Waals surface area contributed by atoms with Gasteiger partial charge in [0.1, 0.15) is 18.1 Å². The van der Waals surface area contributed by atoms with Crippen LogP contribution in [-0.4, -0.2) is 51.3 Å². The van der Waals surface area contributed by atoms with Gasteiger partial charge in [-0.3, -0.25) is 4.90 Å². The molecule has 0 unspecified atom stereocenters. The Labute approximate surface area is 144 Å². The minimum atomic E-state index is -0.203. The van der Waals surface area contributed by atoms with Crippen LogP contribution in [0.2, 0.25) is 0 Å². The molecule has 0 saturated carbocycles. The van der Waals surface area contributed by atoms with Gasteiger partial charge >= 0.3 is 0 Å². The van der Waals surface area contributed by atoms with Gasteiger partial charge in [0.2, 0.25) is 0 Å². The Kier molecular flexibility index (Phi) is 4.43. The van der Waals surface area contributed by atoms with E-state index in [-0.39, 0.29) is 5.82 Å². The number of piperazine rings is 1. The molecule has 1 aliphatic rings. The van der Waals surface area contributed by atoms with Gasteiger partial charge in [0.25, 0.3) is 0 Å². The average molecular weight is 342 g/mol. The summed E-state index contributed by atoms with van der Waals surface area (Å²) in [5.41, 5.74) is 1.06. The van der Waals surface area contributed by atoms with Gasteiger partial charge in [-0.25, -0.2) is 9.07 Å². The highest BCUT2D eigenvalue weighted by molar-refractivity contribution is 5.46. The summed E-state index contributed by atoms with van der Waals surface area (Å²) in [7, 11) is 0. The minimum Gasteiger partial charge on any atom is -0.467 e. The molecular weight excluding hydrogens is 323 g/mol. The highest BCUT2D eigenvalue weighted by Crippen LogP contribution is 2.17. The lowest BCUT2D eigenvalue weighted by Crippen LogP contribution is -2.46. The van der Waals surface area contributed by atoms with Crippen molar-refractivity contribution in [2.75, 3.05) is 31.1 Å². The molecule has 0 N–H and O–H groups in total. The number of anilines is 1. The van der Waals surface area contributed by atoms with Gasteiger partial charge in [0, 0.05) is 31.9 Å². The predicted octanol–water partition coefficient (Wildman–Crippen LogP) is 1.78. The lowest BCUT2D eigenvalue weighted by Gasteiger charge is -2.35. The van der Waals surface area contributed by atoms with Crippen molar-refractivity contribution in [2.45, 2.75) is 13.1 Å². The first kappa shape index (κ1) is 15.8. The van der Waals surface area contributed by atoms with Gasteiger partial charge in [-0.15, -0.1) is 5.10 Å². The van der Waals surface area contributed by atoms with E-state index in [1.807, 2.05) is 24.3 Å². The van der Waals surface area contributed by atoms with Crippen LogP contribution in [0.1, 0.15) is 11.6 Å². The van der Waals surface area contributed by atoms with E-state index >= 15 is 0 Å². The van der Waals surface area contributed by atoms with Crippen molar-refractivity contribution in [3.63, 3.8) is 0 Å². The van der Waals surface area contributed by atoms with E-state index in [1.54, 1.807) is 10.9 Å². The normalized spacial score (nSPS) is 15.6. The molecule has 3 aromatic rings. The standard InChI is InChI=1S/C17H19FN6O/c18-14-3-5-15(6-4-14)23-9-7-22(8-10-23)13-17-19-20-21-24(17)12-16-2-1-11-25-16/h1-6,11H,7-10,12-13H2. The van der Waals surface area contributed by atoms with Gasteiger partial charge in [0.05, 0.1) is 12.8 Å². The first-order valence-corrected chi connectivity index (χ1v) is 8.28. The zero-order chi connectivity index (χ0) is 17.1. The zero-order valence-electron chi connectivity index (χ0n) is 13.8. The van der Waals surface area contributed by atoms with Crippen molar-refractivity contribution in [3.8, 4) is 0 Å². The maximum Gasteiger partial charge on any atom is 0.165 e. The molecule has 0 bridgehead atoms. The van der Waals surface area contributed by atoms with Crippen molar-refractivity contribution in [1.82, 2.24) is 25.1 Å². The molecule has 130 valence electrons. The van der Waals surface area contributed by atoms with Crippen LogP contribution in [-0.2, 0) is 13.1 Å². The van der Waals surface area contributed by atoms with E-state index in [1.165, 1.54) is 12.1 Å². The quantitative estimate of drug-likeness (QED) is 0.704. The van der Waals surface area contributed by atoms with Crippen LogP contribution in [0.25, 0.3) is 0 Å². The Morgan fingerprint density at radius 3 is 2.52 bits per heavy atom. The molecule has 7 nitrogen and oxygen atoms in total. The number of aromatic nitrogens is 4. The van der Waals surface area contributed by atoms with Crippen molar-refractivity contribution < 1.29 is 8.81 Å². The molecule has 2 aromatic heterocycles. The van der Waals surface area contributed by atoms with Crippen LogP contribution in [0.15, 0.2) is 47.1 Å². The molecule has 8 heteroatoms. The summed E-state index contributed by atoms with van der Waals surface area (Å²) in [5, 5.41) is 12.0. The zero-order valence-corrected chi connectivity index (χ0v) is 13.8. The summed E-state index contributed by atoms with van der Waals surface area (Å²) < 4.78 is 20.2. The number of nitrogens with zero attached hydrogens (tertiary/aromatic N) is 6. The number of rotatable bonds is 5. The van der Waals surface area contributed by atoms with Crippen molar-refractivity contribution in [2.24, 2.45) is 0 Å². The van der Waals surface area contributed by atoms with Crippen LogP contribution in [0.4, 0.5) is 10.1 Å². The van der Waals surface area contributed by atoms with Crippen LogP contribution >= 0.6 is 0 Å². The maximum atomic E-state index is 13.0. The minimum absolute atomic E-state index is 0.203. The lowest BCUT2D eigenvalue weighted by atomic mass is 10.2. The van der Waals surface area contributed by atoms with E-state index < -0.39 is 0 Å². The average Bonchev–Trinajstić information content (AvgIpc) is 3.30. The van der Waals surface area contributed by atoms with Gasteiger partial charge in [-0.1, -0.05) is 0 Å². The predicted molar refractivity (Wildman–Crippen MR) is 89.5 cm³/mol. The summed E-state index contributed by atoms with van der Waals surface area (Å²) in [6.07, 6.45) is 1.65. The fourth-order valence-corrected chi connectivity index (χ4v) is 3.03. The Hall–Kier alpha value is -2.74. The fourth-order valence-electron chi connectivity index (χ4n) is 3.03. The molecule has 0 amide bonds. The van der Waals surface area contributed by atoms with E-state index in [0.29, 0.717) is 13.1 Å². The number of hydrogen-bond donors (Lipinski definition) is 0. The largest absolute Gasteiger partial charge is 0.467 e. The van der Waals surface area contributed by atoms with Crippen LogP contribution < -0.4 is 4.90 Å². The highest BCUT2D eigenvalue weighted by atomic mass is 19.1. The lowest BCUT2D eigenvalue weighted by molar-refractivity contribution is 0.239. The van der Waals surface area contributed by atoms with Crippen LogP contribution in [0.5, 0.6) is 0 Å². The molecule has 1 aromatic carbocycles. The first-order valence-electron chi connectivity index (χ1n) is 8.28. The second kappa shape index (κ2) is 7.02. The fraction of sp³-hybridized carbons (Fsp3) is 0.353. The monoisotopic (exact) mass is 342 g/mol. The second-order valence-electron chi connectivity index (χ2n) is 6.07. The molecule has 0 radical (unpaired) electrons. The molecule has 0 aliphatic carbocycles. The number of furan rings is 1. The number of benzene rings is 1.